The van der Waals surface area contributed by atoms with Crippen LogP contribution in [0.3, 0.4) is 0 Å². The van der Waals surface area contributed by atoms with Crippen LogP contribution in [-0.2, 0) is 0 Å². The Morgan fingerprint density at radius 3 is 2.72 bits per heavy atom. The molecule has 1 aliphatic carbocycles. The fourth-order valence-electron chi connectivity index (χ4n) is 4.81. The van der Waals surface area contributed by atoms with E-state index in [1.54, 1.807) is 13.0 Å². The van der Waals surface area contributed by atoms with Crippen LogP contribution in [0.5, 0.6) is 0 Å². The lowest BCUT2D eigenvalue weighted by atomic mass is 9.77. The van der Waals surface area contributed by atoms with Gasteiger partial charge in [0.15, 0.2) is 0 Å². The number of hydrogen-bond acceptors (Lipinski definition) is 3. The van der Waals surface area contributed by atoms with Crippen LogP contribution in [0, 0.1) is 18.7 Å². The number of halogens is 2. The second kappa shape index (κ2) is 5.93. The van der Waals surface area contributed by atoms with Crippen molar-refractivity contribution in [3.8, 4) is 0 Å². The van der Waals surface area contributed by atoms with E-state index in [1.165, 1.54) is 50.1 Å². The maximum Gasteiger partial charge on any atom is 0.261 e. The number of amides is 1. The number of nitrogens with zero attached hydrogens (tertiary/aromatic N) is 1. The van der Waals surface area contributed by atoms with Crippen LogP contribution in [0.4, 0.5) is 4.39 Å². The molecule has 3 aliphatic heterocycles. The Kier molecular flexibility index (Phi) is 4.09. The lowest BCUT2D eigenvalue weighted by Crippen LogP contribution is -2.65. The average molecular weight is 381 g/mol. The highest BCUT2D eigenvalue weighted by atomic mass is 35.5. The average Bonchev–Trinajstić information content (AvgIpc) is 3.24. The second-order valence-corrected chi connectivity index (χ2v) is 8.66. The molecular weight excluding hydrogens is 359 g/mol. The number of fused-ring (bicyclic) bond motifs is 3. The van der Waals surface area contributed by atoms with Crippen molar-refractivity contribution < 1.29 is 9.18 Å². The van der Waals surface area contributed by atoms with Gasteiger partial charge in [-0.2, -0.15) is 0 Å². The van der Waals surface area contributed by atoms with Crippen molar-refractivity contribution in [1.82, 2.24) is 10.2 Å². The number of thiophene rings is 1. The molecule has 4 aliphatic rings. The molecule has 1 aromatic carbocycles. The Morgan fingerprint density at radius 1 is 1.32 bits per heavy atom. The summed E-state index contributed by atoms with van der Waals surface area (Å²) in [6.07, 6.45) is 4.78. The van der Waals surface area contributed by atoms with E-state index in [2.05, 4.69) is 10.2 Å². The number of carbonyl (C=O) groups is 1. The largest absolute Gasteiger partial charge is 0.346 e. The molecular formula is C19H22ClFN2OS. The van der Waals surface area contributed by atoms with Crippen LogP contribution in [0.25, 0.3) is 10.1 Å². The third-order valence-electron chi connectivity index (χ3n) is 6.31. The molecule has 4 fully saturated rings. The highest BCUT2D eigenvalue weighted by molar-refractivity contribution is 7.20. The Labute approximate surface area is 157 Å². The second-order valence-electron chi connectivity index (χ2n) is 7.60. The standard InChI is InChI=1S/C19H21FN2OS.ClH/c1-11-2-3-13-10-14(24-16(13)15(11)20)18(23)21-17-12-4-8-22(9-5-12)19(17)6-7-19;/h2-3,10,12,17H,4-9H2,1H3,(H,21,23);1H/t17-;/m1./s1. The van der Waals surface area contributed by atoms with E-state index in [9.17, 15) is 9.18 Å². The minimum absolute atomic E-state index is 0. The first-order chi connectivity index (χ1) is 11.6. The van der Waals surface area contributed by atoms with Gasteiger partial charge in [-0.05, 0) is 68.6 Å². The molecule has 1 amide bonds. The van der Waals surface area contributed by atoms with Gasteiger partial charge in [0.1, 0.15) is 5.82 Å². The smallest absolute Gasteiger partial charge is 0.261 e. The van der Waals surface area contributed by atoms with Crippen molar-refractivity contribution in [2.24, 2.45) is 5.92 Å². The number of piperidine rings is 3. The normalized spacial score (nSPS) is 28.8. The zero-order valence-electron chi connectivity index (χ0n) is 14.2. The van der Waals surface area contributed by atoms with Crippen LogP contribution in [0.2, 0.25) is 0 Å². The van der Waals surface area contributed by atoms with Gasteiger partial charge in [0.2, 0.25) is 0 Å². The maximum atomic E-state index is 14.3. The highest BCUT2D eigenvalue weighted by Crippen LogP contribution is 2.53. The van der Waals surface area contributed by atoms with Gasteiger partial charge in [-0.15, -0.1) is 23.7 Å². The van der Waals surface area contributed by atoms with Crippen molar-refractivity contribution in [1.29, 1.82) is 0 Å². The summed E-state index contributed by atoms with van der Waals surface area (Å²) in [6.45, 7) is 4.13. The molecule has 2 bridgehead atoms. The molecule has 1 atom stereocenters. The van der Waals surface area contributed by atoms with Gasteiger partial charge in [0.05, 0.1) is 15.6 Å². The number of benzene rings is 1. The van der Waals surface area contributed by atoms with E-state index < -0.39 is 0 Å². The van der Waals surface area contributed by atoms with Crippen LogP contribution >= 0.6 is 23.7 Å². The summed E-state index contributed by atoms with van der Waals surface area (Å²) in [5.74, 6) is 0.381. The van der Waals surface area contributed by atoms with Gasteiger partial charge < -0.3 is 5.32 Å². The van der Waals surface area contributed by atoms with Gasteiger partial charge in [0, 0.05) is 5.54 Å². The lowest BCUT2D eigenvalue weighted by molar-refractivity contribution is -0.00138. The van der Waals surface area contributed by atoms with Crippen molar-refractivity contribution >= 4 is 39.7 Å². The van der Waals surface area contributed by atoms with Gasteiger partial charge in [-0.1, -0.05) is 12.1 Å². The predicted octanol–water partition coefficient (Wildman–Crippen LogP) is 4.13. The molecule has 6 heteroatoms. The van der Waals surface area contributed by atoms with E-state index >= 15 is 0 Å². The molecule has 3 saturated heterocycles. The number of hydrogen-bond donors (Lipinski definition) is 1. The van der Waals surface area contributed by atoms with Crippen LogP contribution in [-0.4, -0.2) is 35.5 Å². The number of rotatable bonds is 2. The molecule has 3 nitrogen and oxygen atoms in total. The van der Waals surface area contributed by atoms with E-state index in [0.29, 0.717) is 21.1 Å². The van der Waals surface area contributed by atoms with Crippen molar-refractivity contribution in [3.63, 3.8) is 0 Å². The summed E-state index contributed by atoms with van der Waals surface area (Å²) in [7, 11) is 0. The SMILES string of the molecule is Cc1ccc2cc(C(=O)N[C@@H]3C4CCN(CC4)C34CC4)sc2c1F.Cl. The number of carbonyl (C=O) groups excluding carboxylic acids is 1. The quantitative estimate of drug-likeness (QED) is 0.849. The molecule has 2 aromatic rings. The van der Waals surface area contributed by atoms with E-state index in [4.69, 9.17) is 0 Å². The fourth-order valence-corrected chi connectivity index (χ4v) is 5.87. The summed E-state index contributed by atoms with van der Waals surface area (Å²) in [4.78, 5) is 16.0. The third-order valence-corrected chi connectivity index (χ3v) is 7.45. The first-order valence-electron chi connectivity index (χ1n) is 8.83. The van der Waals surface area contributed by atoms with Crippen molar-refractivity contribution in [2.75, 3.05) is 13.1 Å². The third kappa shape index (κ3) is 2.51. The van der Waals surface area contributed by atoms with E-state index in [0.717, 1.165) is 5.39 Å². The first kappa shape index (κ1) is 17.3. The molecule has 1 N–H and O–H groups in total. The fraction of sp³-hybridized carbons (Fsp3) is 0.526. The zero-order valence-corrected chi connectivity index (χ0v) is 15.8. The van der Waals surface area contributed by atoms with Gasteiger partial charge in [-0.25, -0.2) is 4.39 Å². The van der Waals surface area contributed by atoms with E-state index in [-0.39, 0.29) is 35.7 Å². The Morgan fingerprint density at radius 2 is 2.04 bits per heavy atom. The first-order valence-corrected chi connectivity index (χ1v) is 9.65. The van der Waals surface area contributed by atoms with Crippen molar-refractivity contribution in [3.05, 3.63) is 34.5 Å². The molecule has 1 saturated carbocycles. The molecule has 4 heterocycles. The minimum atomic E-state index is -0.196. The Bertz CT molecular complexity index is 839. The molecule has 1 aromatic heterocycles. The maximum absolute atomic E-state index is 14.3. The van der Waals surface area contributed by atoms with Gasteiger partial charge >= 0.3 is 0 Å². The summed E-state index contributed by atoms with van der Waals surface area (Å²) in [5, 5.41) is 4.14. The van der Waals surface area contributed by atoms with Crippen LogP contribution in [0.1, 0.15) is 40.9 Å². The molecule has 0 unspecified atom stereocenters. The monoisotopic (exact) mass is 380 g/mol. The Hall–Kier alpha value is -1.17. The topological polar surface area (TPSA) is 32.3 Å². The van der Waals surface area contributed by atoms with Crippen molar-refractivity contribution in [2.45, 2.75) is 44.2 Å². The lowest BCUT2D eigenvalue weighted by Gasteiger charge is -2.52. The number of aryl methyl sites for hydroxylation is 1. The number of nitrogens with one attached hydrogen (secondary N) is 1. The predicted molar refractivity (Wildman–Crippen MR) is 101 cm³/mol. The minimum Gasteiger partial charge on any atom is -0.346 e. The summed E-state index contributed by atoms with van der Waals surface area (Å²) >= 11 is 1.27. The zero-order chi connectivity index (χ0) is 16.5. The molecule has 6 rings (SSSR count). The van der Waals surface area contributed by atoms with E-state index in [1.807, 2.05) is 12.1 Å². The summed E-state index contributed by atoms with van der Waals surface area (Å²) in [5.41, 5.74) is 0.862. The molecule has 1 spiro atoms. The summed E-state index contributed by atoms with van der Waals surface area (Å²) < 4.78 is 14.9. The molecule has 134 valence electrons. The van der Waals surface area contributed by atoms with Crippen LogP contribution < -0.4 is 5.32 Å². The summed E-state index contributed by atoms with van der Waals surface area (Å²) in [6, 6.07) is 5.78. The highest BCUT2D eigenvalue weighted by Gasteiger charge is 2.60. The van der Waals surface area contributed by atoms with Gasteiger partial charge in [0.25, 0.3) is 5.91 Å². The Balaban J connectivity index is 0.00000157. The molecule has 25 heavy (non-hydrogen) atoms. The molecule has 0 radical (unpaired) electrons. The van der Waals surface area contributed by atoms with Crippen LogP contribution in [0.15, 0.2) is 18.2 Å². The van der Waals surface area contributed by atoms with Gasteiger partial charge in [-0.3, -0.25) is 9.69 Å².